The highest BCUT2D eigenvalue weighted by molar-refractivity contribution is 5.94. The number of benzene rings is 1. The maximum Gasteiger partial charge on any atom is 0.251 e. The summed E-state index contributed by atoms with van der Waals surface area (Å²) in [4.78, 5) is 14.2. The topological polar surface area (TPSA) is 61.8 Å². The number of aliphatic hydroxyl groups excluding tert-OH is 1. The number of aliphatic hydroxyl groups is 1. The van der Waals surface area contributed by atoms with Gasteiger partial charge in [-0.25, -0.2) is 0 Å². The first kappa shape index (κ1) is 14.0. The van der Waals surface area contributed by atoms with Gasteiger partial charge in [0.25, 0.3) is 5.91 Å². The summed E-state index contributed by atoms with van der Waals surface area (Å²) in [5.74, 6) is -0.145. The number of hydrogen-bond donors (Lipinski definition) is 2. The zero-order valence-corrected chi connectivity index (χ0v) is 10.9. The van der Waals surface area contributed by atoms with Gasteiger partial charge >= 0.3 is 0 Å². The fourth-order valence-corrected chi connectivity index (χ4v) is 2.10. The highest BCUT2D eigenvalue weighted by Crippen LogP contribution is 2.02. The van der Waals surface area contributed by atoms with Crippen molar-refractivity contribution in [3.63, 3.8) is 0 Å². The van der Waals surface area contributed by atoms with Crippen molar-refractivity contribution in [2.75, 3.05) is 39.5 Å². The third-order valence-electron chi connectivity index (χ3n) is 3.17. The molecule has 0 saturated carbocycles. The SMILES string of the molecule is O=C(N[C@@H](CO)CN1CCOCC1)c1ccccc1. The molecular formula is C14H20N2O3. The van der Waals surface area contributed by atoms with Crippen LogP contribution in [0.5, 0.6) is 0 Å². The Bertz CT molecular complexity index is 391. The Hall–Kier alpha value is -1.43. The molecule has 2 N–H and O–H groups in total. The van der Waals surface area contributed by atoms with Gasteiger partial charge < -0.3 is 15.2 Å². The Morgan fingerprint density at radius 2 is 2.00 bits per heavy atom. The fourth-order valence-electron chi connectivity index (χ4n) is 2.10. The molecule has 1 heterocycles. The minimum absolute atomic E-state index is 0.0596. The number of ether oxygens (including phenoxy) is 1. The van der Waals surface area contributed by atoms with Gasteiger partial charge in [-0.1, -0.05) is 18.2 Å². The van der Waals surface area contributed by atoms with Gasteiger partial charge in [-0.05, 0) is 12.1 Å². The smallest absolute Gasteiger partial charge is 0.251 e. The van der Waals surface area contributed by atoms with Crippen LogP contribution in [0.3, 0.4) is 0 Å². The van der Waals surface area contributed by atoms with Crippen LogP contribution in [-0.4, -0.2) is 61.4 Å². The molecule has 0 radical (unpaired) electrons. The summed E-state index contributed by atoms with van der Waals surface area (Å²) in [7, 11) is 0. The molecule has 0 aromatic heterocycles. The molecule has 0 unspecified atom stereocenters. The van der Waals surface area contributed by atoms with Crippen LogP contribution < -0.4 is 5.32 Å². The lowest BCUT2D eigenvalue weighted by molar-refractivity contribution is 0.0297. The van der Waals surface area contributed by atoms with Crippen LogP contribution in [0.15, 0.2) is 30.3 Å². The Morgan fingerprint density at radius 1 is 1.32 bits per heavy atom. The predicted molar refractivity (Wildman–Crippen MR) is 72.0 cm³/mol. The first-order chi connectivity index (χ1) is 9.29. The molecule has 1 fully saturated rings. The van der Waals surface area contributed by atoms with Crippen molar-refractivity contribution in [2.45, 2.75) is 6.04 Å². The van der Waals surface area contributed by atoms with Gasteiger partial charge in [0.2, 0.25) is 0 Å². The standard InChI is InChI=1S/C14H20N2O3/c17-11-13(10-16-6-8-19-9-7-16)15-14(18)12-4-2-1-3-5-12/h1-5,13,17H,6-11H2,(H,15,18)/t13-/m1/s1. The molecule has 1 atom stereocenters. The van der Waals surface area contributed by atoms with Crippen molar-refractivity contribution in [2.24, 2.45) is 0 Å². The highest BCUT2D eigenvalue weighted by atomic mass is 16.5. The molecule has 1 aliphatic heterocycles. The largest absolute Gasteiger partial charge is 0.394 e. The second kappa shape index (κ2) is 7.23. The van der Waals surface area contributed by atoms with Crippen LogP contribution in [0.4, 0.5) is 0 Å². The van der Waals surface area contributed by atoms with E-state index in [1.54, 1.807) is 12.1 Å². The molecule has 5 heteroatoms. The number of amides is 1. The van der Waals surface area contributed by atoms with E-state index in [-0.39, 0.29) is 18.6 Å². The van der Waals surface area contributed by atoms with Crippen molar-refractivity contribution >= 4 is 5.91 Å². The van der Waals surface area contributed by atoms with Gasteiger partial charge in [0, 0.05) is 25.2 Å². The van der Waals surface area contributed by atoms with E-state index in [2.05, 4.69) is 10.2 Å². The number of nitrogens with zero attached hydrogens (tertiary/aromatic N) is 1. The van der Waals surface area contributed by atoms with E-state index in [0.717, 1.165) is 13.1 Å². The van der Waals surface area contributed by atoms with E-state index >= 15 is 0 Å². The summed E-state index contributed by atoms with van der Waals surface area (Å²) < 4.78 is 5.27. The van der Waals surface area contributed by atoms with E-state index in [1.807, 2.05) is 18.2 Å². The van der Waals surface area contributed by atoms with Crippen molar-refractivity contribution in [1.29, 1.82) is 0 Å². The summed E-state index contributed by atoms with van der Waals surface area (Å²) in [6, 6.07) is 8.80. The molecule has 1 aliphatic rings. The monoisotopic (exact) mass is 264 g/mol. The van der Waals surface area contributed by atoms with E-state index in [4.69, 9.17) is 4.74 Å². The lowest BCUT2D eigenvalue weighted by Gasteiger charge is -2.30. The van der Waals surface area contributed by atoms with E-state index < -0.39 is 0 Å². The predicted octanol–water partition coefficient (Wildman–Crippen LogP) is 0.110. The lowest BCUT2D eigenvalue weighted by Crippen LogP contribution is -2.48. The summed E-state index contributed by atoms with van der Waals surface area (Å²) in [6.07, 6.45) is 0. The van der Waals surface area contributed by atoms with E-state index in [0.29, 0.717) is 25.3 Å². The minimum Gasteiger partial charge on any atom is -0.394 e. The normalized spacial score (nSPS) is 17.9. The van der Waals surface area contributed by atoms with Crippen molar-refractivity contribution < 1.29 is 14.6 Å². The molecule has 1 saturated heterocycles. The molecular weight excluding hydrogens is 244 g/mol. The van der Waals surface area contributed by atoms with Crippen LogP contribution in [0.1, 0.15) is 10.4 Å². The summed E-state index contributed by atoms with van der Waals surface area (Å²) in [6.45, 7) is 3.71. The quantitative estimate of drug-likeness (QED) is 0.792. The van der Waals surface area contributed by atoms with Crippen LogP contribution in [0.2, 0.25) is 0 Å². The molecule has 2 rings (SSSR count). The molecule has 1 amide bonds. The van der Waals surface area contributed by atoms with Crippen molar-refractivity contribution in [3.8, 4) is 0 Å². The number of rotatable bonds is 5. The van der Waals surface area contributed by atoms with Crippen LogP contribution in [0, 0.1) is 0 Å². The molecule has 5 nitrogen and oxygen atoms in total. The molecule has 19 heavy (non-hydrogen) atoms. The molecule has 0 aliphatic carbocycles. The van der Waals surface area contributed by atoms with Crippen LogP contribution in [-0.2, 0) is 4.74 Å². The minimum atomic E-state index is -0.245. The summed E-state index contributed by atoms with van der Waals surface area (Å²) >= 11 is 0. The van der Waals surface area contributed by atoms with E-state index in [9.17, 15) is 9.90 Å². The maximum atomic E-state index is 12.0. The van der Waals surface area contributed by atoms with E-state index in [1.165, 1.54) is 0 Å². The van der Waals surface area contributed by atoms with Crippen molar-refractivity contribution in [1.82, 2.24) is 10.2 Å². The Labute approximate surface area is 113 Å². The van der Waals surface area contributed by atoms with Gasteiger partial charge in [0.05, 0.1) is 25.9 Å². The average Bonchev–Trinajstić information content (AvgIpc) is 2.48. The summed E-state index contributed by atoms with van der Waals surface area (Å²) in [5.41, 5.74) is 0.614. The van der Waals surface area contributed by atoms with Crippen LogP contribution in [0.25, 0.3) is 0 Å². The first-order valence-electron chi connectivity index (χ1n) is 6.56. The van der Waals surface area contributed by atoms with Gasteiger partial charge in [-0.2, -0.15) is 0 Å². The first-order valence-corrected chi connectivity index (χ1v) is 6.56. The summed E-state index contributed by atoms with van der Waals surface area (Å²) in [5, 5.41) is 12.2. The van der Waals surface area contributed by atoms with Gasteiger partial charge in [-0.3, -0.25) is 9.69 Å². The zero-order chi connectivity index (χ0) is 13.5. The number of carbonyl (C=O) groups excluding carboxylic acids is 1. The third kappa shape index (κ3) is 4.31. The Balaban J connectivity index is 1.86. The maximum absolute atomic E-state index is 12.0. The highest BCUT2D eigenvalue weighted by Gasteiger charge is 2.18. The Kier molecular flexibility index (Phi) is 5.32. The second-order valence-corrected chi connectivity index (χ2v) is 4.63. The number of nitrogens with one attached hydrogen (secondary N) is 1. The molecule has 0 bridgehead atoms. The molecule has 1 aromatic rings. The molecule has 1 aromatic carbocycles. The number of carbonyl (C=O) groups is 1. The van der Waals surface area contributed by atoms with Crippen LogP contribution >= 0.6 is 0 Å². The van der Waals surface area contributed by atoms with Gasteiger partial charge in [0.15, 0.2) is 0 Å². The second-order valence-electron chi connectivity index (χ2n) is 4.63. The number of morpholine rings is 1. The zero-order valence-electron chi connectivity index (χ0n) is 10.9. The van der Waals surface area contributed by atoms with Gasteiger partial charge in [-0.15, -0.1) is 0 Å². The lowest BCUT2D eigenvalue weighted by atomic mass is 10.2. The molecule has 104 valence electrons. The molecule has 0 spiro atoms. The third-order valence-corrected chi connectivity index (χ3v) is 3.17. The fraction of sp³-hybridized carbons (Fsp3) is 0.500. The van der Waals surface area contributed by atoms with Crippen molar-refractivity contribution in [3.05, 3.63) is 35.9 Å². The number of hydrogen-bond acceptors (Lipinski definition) is 4. The van der Waals surface area contributed by atoms with Gasteiger partial charge in [0.1, 0.15) is 0 Å². The Morgan fingerprint density at radius 3 is 2.63 bits per heavy atom. The average molecular weight is 264 g/mol.